The largest absolute Gasteiger partial charge is 0.497 e. The van der Waals surface area contributed by atoms with Crippen LogP contribution in [0.3, 0.4) is 0 Å². The second-order valence-electron chi connectivity index (χ2n) is 6.00. The minimum absolute atomic E-state index is 0.641. The number of piperidine rings is 1. The highest BCUT2D eigenvalue weighted by atomic mass is 16.5. The molecule has 1 aliphatic rings. The van der Waals surface area contributed by atoms with E-state index in [2.05, 4.69) is 32.3 Å². The van der Waals surface area contributed by atoms with Gasteiger partial charge >= 0.3 is 0 Å². The molecule has 2 aromatic rings. The summed E-state index contributed by atoms with van der Waals surface area (Å²) in [5, 5.41) is 11.5. The maximum atomic E-state index is 5.40. The zero-order valence-electron chi connectivity index (χ0n) is 14.3. The van der Waals surface area contributed by atoms with Crippen LogP contribution in [0, 0.1) is 5.92 Å². The maximum Gasteiger partial charge on any atom is 0.247 e. The van der Waals surface area contributed by atoms with Gasteiger partial charge in [-0.1, -0.05) is 6.92 Å². The van der Waals surface area contributed by atoms with E-state index < -0.39 is 0 Å². The van der Waals surface area contributed by atoms with Gasteiger partial charge in [0, 0.05) is 19.2 Å². The normalized spacial score (nSPS) is 15.2. The van der Waals surface area contributed by atoms with Gasteiger partial charge in [0.15, 0.2) is 5.82 Å². The number of rotatable bonds is 5. The van der Waals surface area contributed by atoms with Gasteiger partial charge in [0.1, 0.15) is 11.5 Å². The van der Waals surface area contributed by atoms with E-state index in [1.165, 1.54) is 0 Å². The van der Waals surface area contributed by atoms with E-state index in [-0.39, 0.29) is 0 Å². The lowest BCUT2D eigenvalue weighted by molar-refractivity contribution is 0.395. The maximum absolute atomic E-state index is 5.40. The van der Waals surface area contributed by atoms with E-state index >= 15 is 0 Å². The van der Waals surface area contributed by atoms with E-state index in [1.807, 2.05) is 18.2 Å². The minimum Gasteiger partial charge on any atom is -0.497 e. The van der Waals surface area contributed by atoms with E-state index in [4.69, 9.17) is 9.47 Å². The molecule has 1 aromatic heterocycles. The summed E-state index contributed by atoms with van der Waals surface area (Å²) in [6, 6.07) is 5.58. The predicted octanol–water partition coefficient (Wildman–Crippen LogP) is 2.87. The Balaban J connectivity index is 1.77. The second kappa shape index (κ2) is 7.33. The van der Waals surface area contributed by atoms with Gasteiger partial charge in [0.05, 0.1) is 26.1 Å². The summed E-state index contributed by atoms with van der Waals surface area (Å²) in [5.74, 6) is 3.49. The van der Waals surface area contributed by atoms with Crippen LogP contribution in [-0.2, 0) is 0 Å². The van der Waals surface area contributed by atoms with Crippen molar-refractivity contribution in [2.24, 2.45) is 5.92 Å². The van der Waals surface area contributed by atoms with Crippen molar-refractivity contribution in [3.63, 3.8) is 0 Å². The van der Waals surface area contributed by atoms with Crippen LogP contribution in [0.2, 0.25) is 0 Å². The monoisotopic (exact) mass is 329 g/mol. The Kier molecular flexibility index (Phi) is 4.98. The van der Waals surface area contributed by atoms with Crippen LogP contribution < -0.4 is 19.7 Å². The van der Waals surface area contributed by atoms with E-state index in [0.29, 0.717) is 17.5 Å². The Morgan fingerprint density at radius 3 is 2.67 bits per heavy atom. The zero-order valence-corrected chi connectivity index (χ0v) is 14.3. The van der Waals surface area contributed by atoms with Gasteiger partial charge in [0.25, 0.3) is 0 Å². The lowest BCUT2D eigenvalue weighted by Crippen LogP contribution is -2.34. The van der Waals surface area contributed by atoms with E-state index in [0.717, 1.165) is 43.3 Å². The van der Waals surface area contributed by atoms with Crippen LogP contribution in [0.1, 0.15) is 19.8 Å². The Bertz CT molecular complexity index is 686. The summed E-state index contributed by atoms with van der Waals surface area (Å²) in [7, 11) is 3.25. The van der Waals surface area contributed by atoms with Gasteiger partial charge in [-0.2, -0.15) is 10.1 Å². The number of aromatic nitrogens is 3. The number of ether oxygens (including phenoxy) is 2. The molecule has 0 radical (unpaired) electrons. The molecule has 0 aliphatic carbocycles. The van der Waals surface area contributed by atoms with Gasteiger partial charge in [-0.05, 0) is 30.9 Å². The minimum atomic E-state index is 0.641. The van der Waals surface area contributed by atoms with Gasteiger partial charge < -0.3 is 19.7 Å². The summed E-state index contributed by atoms with van der Waals surface area (Å²) in [4.78, 5) is 6.77. The predicted molar refractivity (Wildman–Crippen MR) is 93.3 cm³/mol. The standard InChI is InChI=1S/C17H23N5O2/c1-12-6-8-22(9-7-12)17-20-16(11-18-21-17)19-14-5-4-13(23-2)10-15(14)24-3/h4-5,10-12H,6-9H2,1-3H3,(H,19,20,21). The molecule has 128 valence electrons. The highest BCUT2D eigenvalue weighted by Crippen LogP contribution is 2.31. The number of methoxy groups -OCH3 is 2. The lowest BCUT2D eigenvalue weighted by Gasteiger charge is -2.29. The first-order valence-corrected chi connectivity index (χ1v) is 8.13. The molecule has 1 N–H and O–H groups in total. The molecule has 24 heavy (non-hydrogen) atoms. The van der Waals surface area contributed by atoms with Crippen LogP contribution in [0.4, 0.5) is 17.5 Å². The molecule has 7 nitrogen and oxygen atoms in total. The van der Waals surface area contributed by atoms with E-state index in [1.54, 1.807) is 20.4 Å². The molecule has 0 saturated carbocycles. The van der Waals surface area contributed by atoms with Crippen LogP contribution in [0.25, 0.3) is 0 Å². The smallest absolute Gasteiger partial charge is 0.247 e. The molecule has 0 atom stereocenters. The first-order chi connectivity index (χ1) is 11.7. The molecule has 7 heteroatoms. The average Bonchev–Trinajstić information content (AvgIpc) is 2.63. The number of nitrogens with one attached hydrogen (secondary N) is 1. The molecule has 0 amide bonds. The number of benzene rings is 1. The van der Waals surface area contributed by atoms with Crippen molar-refractivity contribution in [2.75, 3.05) is 37.5 Å². The molecule has 3 rings (SSSR count). The number of hydrogen-bond donors (Lipinski definition) is 1. The zero-order chi connectivity index (χ0) is 16.9. The van der Waals surface area contributed by atoms with Crippen molar-refractivity contribution in [1.29, 1.82) is 0 Å². The fraction of sp³-hybridized carbons (Fsp3) is 0.471. The molecule has 0 spiro atoms. The van der Waals surface area contributed by atoms with Crippen molar-refractivity contribution in [2.45, 2.75) is 19.8 Å². The van der Waals surface area contributed by atoms with Crippen LogP contribution in [0.15, 0.2) is 24.4 Å². The SMILES string of the molecule is COc1ccc(Nc2cnnc(N3CCC(C)CC3)n2)c(OC)c1. The fourth-order valence-electron chi connectivity index (χ4n) is 2.74. The van der Waals surface area contributed by atoms with Crippen molar-refractivity contribution in [3.05, 3.63) is 24.4 Å². The van der Waals surface area contributed by atoms with Crippen molar-refractivity contribution in [3.8, 4) is 11.5 Å². The molecule has 1 saturated heterocycles. The van der Waals surface area contributed by atoms with Gasteiger partial charge in [-0.15, -0.1) is 5.10 Å². The summed E-state index contributed by atoms with van der Waals surface area (Å²) in [6.07, 6.45) is 3.93. The summed E-state index contributed by atoms with van der Waals surface area (Å²) < 4.78 is 10.6. The van der Waals surface area contributed by atoms with Gasteiger partial charge in [-0.3, -0.25) is 0 Å². The van der Waals surface area contributed by atoms with Crippen LogP contribution >= 0.6 is 0 Å². The second-order valence-corrected chi connectivity index (χ2v) is 6.00. The van der Waals surface area contributed by atoms with Gasteiger partial charge in [0.2, 0.25) is 5.95 Å². The molecule has 0 unspecified atom stereocenters. The number of nitrogens with zero attached hydrogens (tertiary/aromatic N) is 4. The molecule has 1 aromatic carbocycles. The summed E-state index contributed by atoms with van der Waals surface area (Å²) in [5.41, 5.74) is 0.803. The highest BCUT2D eigenvalue weighted by Gasteiger charge is 2.18. The molecular formula is C17H23N5O2. The first kappa shape index (κ1) is 16.3. The van der Waals surface area contributed by atoms with Crippen LogP contribution in [-0.4, -0.2) is 42.5 Å². The third kappa shape index (κ3) is 3.67. The molecule has 1 aliphatic heterocycles. The van der Waals surface area contributed by atoms with Crippen molar-refractivity contribution >= 4 is 17.5 Å². The summed E-state index contributed by atoms with van der Waals surface area (Å²) in [6.45, 7) is 4.22. The Hall–Kier alpha value is -2.57. The molecule has 1 fully saturated rings. The molecule has 2 heterocycles. The Labute approximate surface area is 142 Å². The van der Waals surface area contributed by atoms with E-state index in [9.17, 15) is 0 Å². The molecule has 0 bridgehead atoms. The van der Waals surface area contributed by atoms with Gasteiger partial charge in [-0.25, -0.2) is 0 Å². The van der Waals surface area contributed by atoms with Crippen molar-refractivity contribution < 1.29 is 9.47 Å². The highest BCUT2D eigenvalue weighted by molar-refractivity contribution is 5.65. The van der Waals surface area contributed by atoms with Crippen LogP contribution in [0.5, 0.6) is 11.5 Å². The quantitative estimate of drug-likeness (QED) is 0.904. The molecular weight excluding hydrogens is 306 g/mol. The average molecular weight is 329 g/mol. The topological polar surface area (TPSA) is 72.4 Å². The third-order valence-corrected chi connectivity index (χ3v) is 4.29. The number of hydrogen-bond acceptors (Lipinski definition) is 7. The number of anilines is 3. The lowest BCUT2D eigenvalue weighted by atomic mass is 10.00. The Morgan fingerprint density at radius 1 is 1.17 bits per heavy atom. The third-order valence-electron chi connectivity index (χ3n) is 4.29. The first-order valence-electron chi connectivity index (χ1n) is 8.13. The van der Waals surface area contributed by atoms with Crippen molar-refractivity contribution in [1.82, 2.24) is 15.2 Å². The fourth-order valence-corrected chi connectivity index (χ4v) is 2.74. The Morgan fingerprint density at radius 2 is 1.96 bits per heavy atom. The summed E-state index contributed by atoms with van der Waals surface area (Å²) >= 11 is 0.